The molecule has 0 aliphatic heterocycles. The Bertz CT molecular complexity index is 639. The molecule has 0 spiro atoms. The highest BCUT2D eigenvalue weighted by Crippen LogP contribution is 2.13. The highest BCUT2D eigenvalue weighted by atomic mass is 16.3. The van der Waals surface area contributed by atoms with Gasteiger partial charge in [0, 0.05) is 19.5 Å². The van der Waals surface area contributed by atoms with Gasteiger partial charge in [0.05, 0.1) is 12.6 Å². The number of nitrogens with zero attached hydrogens (tertiary/aromatic N) is 3. The highest BCUT2D eigenvalue weighted by Gasteiger charge is 2.13. The standard InChI is InChI=1S/C17H25N5O2/c1-3-13-5-7-14(8-6-13)15(11-23)20-17(24)18-9-10-22-12-19-21-16(22)4-2/h5-8,12,15,23H,3-4,9-11H2,1-2H3,(H2,18,20,24). The van der Waals surface area contributed by atoms with Gasteiger partial charge in [-0.3, -0.25) is 0 Å². The van der Waals surface area contributed by atoms with E-state index in [9.17, 15) is 9.90 Å². The summed E-state index contributed by atoms with van der Waals surface area (Å²) in [5, 5.41) is 23.0. The summed E-state index contributed by atoms with van der Waals surface area (Å²) < 4.78 is 1.91. The summed E-state index contributed by atoms with van der Waals surface area (Å²) in [6.45, 7) is 5.02. The first kappa shape index (κ1) is 17.9. The van der Waals surface area contributed by atoms with Crippen LogP contribution in [0.1, 0.15) is 36.8 Å². The number of aromatic nitrogens is 3. The van der Waals surface area contributed by atoms with Crippen LogP contribution in [0, 0.1) is 0 Å². The van der Waals surface area contributed by atoms with E-state index in [0.29, 0.717) is 13.1 Å². The van der Waals surface area contributed by atoms with Crippen LogP contribution >= 0.6 is 0 Å². The maximum absolute atomic E-state index is 12.0. The molecule has 1 atom stereocenters. The van der Waals surface area contributed by atoms with Crippen LogP contribution in [0.25, 0.3) is 0 Å². The summed E-state index contributed by atoms with van der Waals surface area (Å²) in [6.07, 6.45) is 3.41. The van der Waals surface area contributed by atoms with Gasteiger partial charge in [-0.2, -0.15) is 0 Å². The maximum atomic E-state index is 12.0. The first-order valence-corrected chi connectivity index (χ1v) is 8.28. The molecule has 0 aliphatic carbocycles. The van der Waals surface area contributed by atoms with Gasteiger partial charge in [-0.05, 0) is 17.5 Å². The predicted octanol–water partition coefficient (Wildman–Crippen LogP) is 1.44. The van der Waals surface area contributed by atoms with Crippen molar-refractivity contribution >= 4 is 6.03 Å². The van der Waals surface area contributed by atoms with Crippen LogP contribution in [-0.4, -0.2) is 39.1 Å². The number of aliphatic hydroxyl groups is 1. The zero-order valence-corrected chi connectivity index (χ0v) is 14.2. The number of carbonyl (C=O) groups is 1. The number of aryl methyl sites for hydroxylation is 2. The summed E-state index contributed by atoms with van der Waals surface area (Å²) in [4.78, 5) is 12.0. The number of hydrogen-bond acceptors (Lipinski definition) is 4. The molecule has 0 bridgehead atoms. The predicted molar refractivity (Wildman–Crippen MR) is 91.6 cm³/mol. The van der Waals surface area contributed by atoms with E-state index < -0.39 is 6.04 Å². The van der Waals surface area contributed by atoms with Gasteiger partial charge in [0.25, 0.3) is 0 Å². The molecule has 2 rings (SSSR count). The van der Waals surface area contributed by atoms with Crippen LogP contribution in [0.2, 0.25) is 0 Å². The third kappa shape index (κ3) is 4.79. The summed E-state index contributed by atoms with van der Waals surface area (Å²) >= 11 is 0. The van der Waals surface area contributed by atoms with Gasteiger partial charge >= 0.3 is 6.03 Å². The smallest absolute Gasteiger partial charge is 0.315 e. The average Bonchev–Trinajstić information content (AvgIpc) is 3.07. The summed E-state index contributed by atoms with van der Waals surface area (Å²) in [5.74, 6) is 0.890. The minimum absolute atomic E-state index is 0.148. The van der Waals surface area contributed by atoms with Crippen LogP contribution in [0.4, 0.5) is 4.79 Å². The Balaban J connectivity index is 1.83. The number of benzene rings is 1. The topological polar surface area (TPSA) is 92.1 Å². The quantitative estimate of drug-likeness (QED) is 0.682. The Labute approximate surface area is 142 Å². The number of amides is 2. The lowest BCUT2D eigenvalue weighted by atomic mass is 10.0. The normalized spacial score (nSPS) is 12.0. The Morgan fingerprint density at radius 3 is 2.62 bits per heavy atom. The molecule has 2 aromatic rings. The molecule has 0 radical (unpaired) electrons. The van der Waals surface area contributed by atoms with Crippen LogP contribution in [0.5, 0.6) is 0 Å². The largest absolute Gasteiger partial charge is 0.394 e. The molecule has 1 unspecified atom stereocenters. The minimum atomic E-state index is -0.419. The maximum Gasteiger partial charge on any atom is 0.315 e. The second-order valence-corrected chi connectivity index (χ2v) is 5.52. The van der Waals surface area contributed by atoms with Crippen LogP contribution < -0.4 is 10.6 Å². The van der Waals surface area contributed by atoms with Crippen molar-refractivity contribution in [1.82, 2.24) is 25.4 Å². The lowest BCUT2D eigenvalue weighted by molar-refractivity contribution is 0.216. The Kier molecular flexibility index (Phi) is 6.74. The molecule has 1 aromatic carbocycles. The average molecular weight is 331 g/mol. The summed E-state index contributed by atoms with van der Waals surface area (Å²) in [5.41, 5.74) is 2.11. The zero-order valence-electron chi connectivity index (χ0n) is 14.2. The van der Waals surface area contributed by atoms with Gasteiger partial charge in [-0.15, -0.1) is 10.2 Å². The molecule has 130 valence electrons. The monoisotopic (exact) mass is 331 g/mol. The van der Waals surface area contributed by atoms with E-state index >= 15 is 0 Å². The third-order valence-electron chi connectivity index (χ3n) is 3.93. The van der Waals surface area contributed by atoms with E-state index in [4.69, 9.17) is 0 Å². The van der Waals surface area contributed by atoms with E-state index in [1.54, 1.807) is 6.33 Å². The fraction of sp³-hybridized carbons (Fsp3) is 0.471. The molecule has 0 saturated heterocycles. The number of rotatable bonds is 8. The summed E-state index contributed by atoms with van der Waals surface area (Å²) in [7, 11) is 0. The first-order chi connectivity index (χ1) is 11.7. The lowest BCUT2D eigenvalue weighted by Gasteiger charge is -2.18. The van der Waals surface area contributed by atoms with E-state index in [1.807, 2.05) is 35.8 Å². The van der Waals surface area contributed by atoms with Gasteiger partial charge in [0.2, 0.25) is 0 Å². The van der Waals surface area contributed by atoms with E-state index in [-0.39, 0.29) is 12.6 Å². The van der Waals surface area contributed by atoms with E-state index in [2.05, 4.69) is 27.8 Å². The van der Waals surface area contributed by atoms with Gasteiger partial charge in [-0.1, -0.05) is 38.1 Å². The summed E-state index contributed by atoms with van der Waals surface area (Å²) in [6, 6.07) is 7.16. The van der Waals surface area contributed by atoms with Crippen LogP contribution in [-0.2, 0) is 19.4 Å². The molecular weight excluding hydrogens is 306 g/mol. The molecule has 7 heteroatoms. The molecule has 0 aliphatic rings. The zero-order chi connectivity index (χ0) is 17.4. The van der Waals surface area contributed by atoms with E-state index in [1.165, 1.54) is 5.56 Å². The number of aliphatic hydroxyl groups excluding tert-OH is 1. The van der Waals surface area contributed by atoms with E-state index in [0.717, 1.165) is 24.2 Å². The Hall–Kier alpha value is -2.41. The number of hydrogen-bond donors (Lipinski definition) is 3. The van der Waals surface area contributed by atoms with Crippen molar-refractivity contribution in [2.75, 3.05) is 13.2 Å². The van der Waals surface area contributed by atoms with Crippen molar-refractivity contribution in [3.8, 4) is 0 Å². The molecular formula is C17H25N5O2. The molecule has 7 nitrogen and oxygen atoms in total. The van der Waals surface area contributed by atoms with Crippen LogP contribution in [0.3, 0.4) is 0 Å². The van der Waals surface area contributed by atoms with Crippen molar-refractivity contribution < 1.29 is 9.90 Å². The third-order valence-corrected chi connectivity index (χ3v) is 3.93. The van der Waals surface area contributed by atoms with Crippen molar-refractivity contribution in [3.05, 3.63) is 47.5 Å². The molecule has 1 heterocycles. The van der Waals surface area contributed by atoms with Gasteiger partial charge < -0.3 is 20.3 Å². The Morgan fingerprint density at radius 1 is 1.25 bits per heavy atom. The lowest BCUT2D eigenvalue weighted by Crippen LogP contribution is -2.40. The molecule has 1 aromatic heterocycles. The number of urea groups is 1. The molecule has 24 heavy (non-hydrogen) atoms. The molecule has 2 amide bonds. The van der Waals surface area contributed by atoms with Gasteiger partial charge in [-0.25, -0.2) is 4.79 Å². The van der Waals surface area contributed by atoms with Gasteiger partial charge in [0.1, 0.15) is 12.2 Å². The highest BCUT2D eigenvalue weighted by molar-refractivity contribution is 5.74. The van der Waals surface area contributed by atoms with Crippen molar-refractivity contribution in [3.63, 3.8) is 0 Å². The van der Waals surface area contributed by atoms with Crippen molar-refractivity contribution in [1.29, 1.82) is 0 Å². The van der Waals surface area contributed by atoms with Crippen molar-refractivity contribution in [2.24, 2.45) is 0 Å². The fourth-order valence-corrected chi connectivity index (χ4v) is 2.46. The number of carbonyl (C=O) groups excluding carboxylic acids is 1. The molecule has 3 N–H and O–H groups in total. The van der Waals surface area contributed by atoms with Crippen molar-refractivity contribution in [2.45, 2.75) is 39.3 Å². The minimum Gasteiger partial charge on any atom is -0.394 e. The second-order valence-electron chi connectivity index (χ2n) is 5.52. The van der Waals surface area contributed by atoms with Crippen LogP contribution in [0.15, 0.2) is 30.6 Å². The Morgan fingerprint density at radius 2 is 2.00 bits per heavy atom. The molecule has 0 fully saturated rings. The fourth-order valence-electron chi connectivity index (χ4n) is 2.46. The SMILES string of the molecule is CCc1ccc(C(CO)NC(=O)NCCn2cnnc2CC)cc1. The second kappa shape index (κ2) is 9.02. The first-order valence-electron chi connectivity index (χ1n) is 8.28. The number of nitrogens with one attached hydrogen (secondary N) is 2. The van der Waals surface area contributed by atoms with Gasteiger partial charge in [0.15, 0.2) is 0 Å². The molecule has 0 saturated carbocycles.